The highest BCUT2D eigenvalue weighted by Crippen LogP contribution is 2.50. The summed E-state index contributed by atoms with van der Waals surface area (Å²) in [5, 5.41) is 6.32. The first-order valence-corrected chi connectivity index (χ1v) is 16.9. The van der Waals surface area contributed by atoms with Crippen LogP contribution in [0.15, 0.2) is 124 Å². The maximum absolute atomic E-state index is 3.73. The van der Waals surface area contributed by atoms with E-state index >= 15 is 0 Å². The SMILES string of the molecule is CC1(C)c2ccccc2-c2ccc(-n3c4ccc(-c5ccc6c(Br)c(Br)sc6c5)cc4c4ccc5ccccc5c43)cc21. The van der Waals surface area contributed by atoms with Gasteiger partial charge in [0.15, 0.2) is 0 Å². The normalized spacial score (nSPS) is 13.8. The molecular formula is C39H25Br2NS. The Hall–Kier alpha value is -3.70. The fourth-order valence-corrected chi connectivity index (χ4v) is 9.59. The third-order valence-corrected chi connectivity index (χ3v) is 12.8. The summed E-state index contributed by atoms with van der Waals surface area (Å²) in [4.78, 5) is 0. The van der Waals surface area contributed by atoms with E-state index in [1.54, 1.807) is 11.3 Å². The highest BCUT2D eigenvalue weighted by atomic mass is 79.9. The van der Waals surface area contributed by atoms with Crippen LogP contribution in [0.4, 0.5) is 0 Å². The summed E-state index contributed by atoms with van der Waals surface area (Å²) in [5.41, 5.74) is 11.6. The Kier molecular flexibility index (Phi) is 5.48. The lowest BCUT2D eigenvalue weighted by Crippen LogP contribution is -2.15. The summed E-state index contributed by atoms with van der Waals surface area (Å²) in [6.07, 6.45) is 0. The van der Waals surface area contributed by atoms with Gasteiger partial charge in [0.05, 0.1) is 19.3 Å². The lowest BCUT2D eigenvalue weighted by atomic mass is 9.82. The predicted octanol–water partition coefficient (Wildman–Crippen LogP) is 12.6. The maximum Gasteiger partial charge on any atom is 0.0853 e. The zero-order valence-electron chi connectivity index (χ0n) is 23.6. The largest absolute Gasteiger partial charge is 0.309 e. The van der Waals surface area contributed by atoms with E-state index in [2.05, 4.69) is 166 Å². The molecule has 0 fully saturated rings. The Balaban J connectivity index is 1.32. The van der Waals surface area contributed by atoms with Gasteiger partial charge in [-0.2, -0.15) is 0 Å². The second-order valence-corrected chi connectivity index (χ2v) is 15.2. The van der Waals surface area contributed by atoms with Gasteiger partial charge in [0.25, 0.3) is 0 Å². The highest BCUT2D eigenvalue weighted by Gasteiger charge is 2.35. The van der Waals surface area contributed by atoms with Crippen molar-refractivity contribution in [2.45, 2.75) is 19.3 Å². The molecule has 6 aromatic carbocycles. The van der Waals surface area contributed by atoms with Crippen molar-refractivity contribution in [3.63, 3.8) is 0 Å². The van der Waals surface area contributed by atoms with Crippen LogP contribution in [-0.2, 0) is 5.41 Å². The van der Waals surface area contributed by atoms with Crippen molar-refractivity contribution < 1.29 is 0 Å². The first-order chi connectivity index (χ1) is 20.9. The zero-order valence-corrected chi connectivity index (χ0v) is 27.6. The first kappa shape index (κ1) is 25.8. The Bertz CT molecular complexity index is 2460. The van der Waals surface area contributed by atoms with Gasteiger partial charge in [-0.1, -0.05) is 98.8 Å². The van der Waals surface area contributed by atoms with Crippen LogP contribution in [0, 0.1) is 0 Å². The average Bonchev–Trinajstić information content (AvgIpc) is 3.61. The standard InChI is InChI=1S/C39H25Br2NS/c1-39(2)32-10-6-5-9-27(32)28-17-14-25(21-33(28)39)42-34-18-13-23(24-12-16-30-35(20-24)43-38(41)36(30)40)19-31(34)29-15-11-22-7-3-4-8-26(22)37(29)42/h3-21H,1-2H3. The molecule has 2 aromatic heterocycles. The van der Waals surface area contributed by atoms with Crippen LogP contribution in [0.1, 0.15) is 25.0 Å². The van der Waals surface area contributed by atoms with Gasteiger partial charge in [-0.05, 0) is 101 Å². The summed E-state index contributed by atoms with van der Waals surface area (Å²) >= 11 is 9.19. The van der Waals surface area contributed by atoms with Crippen molar-refractivity contribution in [3.05, 3.63) is 135 Å². The smallest absolute Gasteiger partial charge is 0.0853 e. The van der Waals surface area contributed by atoms with Gasteiger partial charge in [-0.15, -0.1) is 11.3 Å². The van der Waals surface area contributed by atoms with E-state index in [-0.39, 0.29) is 5.41 Å². The minimum Gasteiger partial charge on any atom is -0.309 e. The molecule has 206 valence electrons. The van der Waals surface area contributed by atoms with E-state index in [0.29, 0.717) is 0 Å². The second-order valence-electron chi connectivity index (χ2n) is 12.1. The Labute approximate surface area is 270 Å². The molecule has 0 spiro atoms. The maximum atomic E-state index is 3.73. The van der Waals surface area contributed by atoms with Crippen LogP contribution in [-0.4, -0.2) is 4.57 Å². The van der Waals surface area contributed by atoms with Gasteiger partial charge in [-0.3, -0.25) is 0 Å². The van der Waals surface area contributed by atoms with E-state index < -0.39 is 0 Å². The first-order valence-electron chi connectivity index (χ1n) is 14.5. The summed E-state index contributed by atoms with van der Waals surface area (Å²) in [7, 11) is 0. The minimum atomic E-state index is -0.0552. The van der Waals surface area contributed by atoms with Gasteiger partial charge in [0.1, 0.15) is 0 Å². The topological polar surface area (TPSA) is 4.93 Å². The van der Waals surface area contributed by atoms with Crippen molar-refractivity contribution in [3.8, 4) is 27.9 Å². The zero-order chi connectivity index (χ0) is 29.0. The van der Waals surface area contributed by atoms with Crippen molar-refractivity contribution in [2.75, 3.05) is 0 Å². The number of thiophene rings is 1. The molecule has 0 radical (unpaired) electrons. The average molecular weight is 700 g/mol. The van der Waals surface area contributed by atoms with Gasteiger partial charge in [0.2, 0.25) is 0 Å². The molecule has 0 saturated carbocycles. The van der Waals surface area contributed by atoms with E-state index in [0.717, 1.165) is 8.26 Å². The molecule has 0 bridgehead atoms. The van der Waals surface area contributed by atoms with Crippen LogP contribution in [0.5, 0.6) is 0 Å². The van der Waals surface area contributed by atoms with Crippen LogP contribution in [0.3, 0.4) is 0 Å². The number of nitrogens with zero attached hydrogens (tertiary/aromatic N) is 1. The van der Waals surface area contributed by atoms with Gasteiger partial charge < -0.3 is 4.57 Å². The summed E-state index contributed by atoms with van der Waals surface area (Å²) in [6, 6.07) is 43.1. The Morgan fingerprint density at radius 2 is 1.35 bits per heavy atom. The predicted molar refractivity (Wildman–Crippen MR) is 192 cm³/mol. The number of hydrogen-bond acceptors (Lipinski definition) is 1. The molecule has 9 rings (SSSR count). The number of fused-ring (bicyclic) bond motifs is 9. The quantitative estimate of drug-likeness (QED) is 0.169. The number of hydrogen-bond donors (Lipinski definition) is 0. The Morgan fingerprint density at radius 1 is 0.605 bits per heavy atom. The van der Waals surface area contributed by atoms with E-state index in [4.69, 9.17) is 0 Å². The fourth-order valence-electron chi connectivity index (χ4n) is 7.27. The van der Waals surface area contributed by atoms with E-state index in [1.807, 2.05) is 0 Å². The molecule has 8 aromatic rings. The van der Waals surface area contributed by atoms with Gasteiger partial charge in [0, 0.05) is 37.3 Å². The molecule has 0 amide bonds. The molecule has 0 N–H and O–H groups in total. The lowest BCUT2D eigenvalue weighted by molar-refractivity contribution is 0.660. The van der Waals surface area contributed by atoms with Crippen molar-refractivity contribution in [1.82, 2.24) is 4.57 Å². The Morgan fingerprint density at radius 3 is 2.26 bits per heavy atom. The van der Waals surface area contributed by atoms with Crippen molar-refractivity contribution >= 4 is 85.9 Å². The molecule has 1 aliphatic carbocycles. The molecule has 0 saturated heterocycles. The highest BCUT2D eigenvalue weighted by molar-refractivity contribution is 9.13. The summed E-state index contributed by atoms with van der Waals surface area (Å²) in [6.45, 7) is 4.72. The molecule has 1 aliphatic rings. The van der Waals surface area contributed by atoms with Crippen molar-refractivity contribution in [2.24, 2.45) is 0 Å². The molecule has 1 nitrogen and oxygen atoms in total. The lowest BCUT2D eigenvalue weighted by Gasteiger charge is -2.22. The monoisotopic (exact) mass is 697 g/mol. The number of aromatic nitrogens is 1. The number of rotatable bonds is 2. The fraction of sp³-hybridized carbons (Fsp3) is 0.0769. The van der Waals surface area contributed by atoms with Crippen LogP contribution in [0.2, 0.25) is 0 Å². The second kappa shape index (κ2) is 9.15. The molecule has 43 heavy (non-hydrogen) atoms. The molecule has 0 aliphatic heterocycles. The molecule has 0 atom stereocenters. The molecular weight excluding hydrogens is 674 g/mol. The third-order valence-electron chi connectivity index (χ3n) is 9.40. The van der Waals surface area contributed by atoms with E-state index in [9.17, 15) is 0 Å². The van der Waals surface area contributed by atoms with Gasteiger partial charge >= 0.3 is 0 Å². The van der Waals surface area contributed by atoms with Crippen LogP contribution >= 0.6 is 43.2 Å². The summed E-state index contributed by atoms with van der Waals surface area (Å²) < 4.78 is 6.02. The minimum absolute atomic E-state index is 0.0552. The van der Waals surface area contributed by atoms with Crippen LogP contribution in [0.25, 0.3) is 70.6 Å². The molecule has 4 heteroatoms. The number of halogens is 2. The summed E-state index contributed by atoms with van der Waals surface area (Å²) in [5.74, 6) is 0. The van der Waals surface area contributed by atoms with Crippen LogP contribution < -0.4 is 0 Å². The molecule has 2 heterocycles. The van der Waals surface area contributed by atoms with Gasteiger partial charge in [-0.25, -0.2) is 0 Å². The van der Waals surface area contributed by atoms with E-state index in [1.165, 1.54) is 81.7 Å². The third kappa shape index (κ3) is 3.61. The number of benzene rings is 6. The van der Waals surface area contributed by atoms with Crippen molar-refractivity contribution in [1.29, 1.82) is 0 Å². The molecule has 0 unspecified atom stereocenters.